The lowest BCUT2D eigenvalue weighted by atomic mass is 10.1. The monoisotopic (exact) mass is 263 g/mol. The molecule has 0 fully saturated rings. The molecule has 1 atom stereocenters. The summed E-state index contributed by atoms with van der Waals surface area (Å²) in [6.45, 7) is -0.0877. The lowest BCUT2D eigenvalue weighted by Crippen LogP contribution is -2.14. The third-order valence-corrected chi connectivity index (χ3v) is 3.19. The molecule has 0 radical (unpaired) electrons. The van der Waals surface area contributed by atoms with Crippen LogP contribution >= 0.6 is 11.3 Å². The first kappa shape index (κ1) is 12.7. The highest BCUT2D eigenvalue weighted by molar-refractivity contribution is 7.09. The van der Waals surface area contributed by atoms with Crippen LogP contribution in [0.15, 0.2) is 41.9 Å². The van der Waals surface area contributed by atoms with E-state index in [4.69, 9.17) is 4.74 Å². The predicted molar refractivity (Wildman–Crippen MR) is 68.4 cm³/mol. The number of carbonyl (C=O) groups excluding carboxylic acids is 1. The zero-order valence-corrected chi connectivity index (χ0v) is 10.7. The Morgan fingerprint density at radius 3 is 2.78 bits per heavy atom. The van der Waals surface area contributed by atoms with Gasteiger partial charge in [-0.1, -0.05) is 30.3 Å². The number of hydrogen-bond acceptors (Lipinski definition) is 5. The van der Waals surface area contributed by atoms with E-state index in [-0.39, 0.29) is 12.7 Å². The minimum Gasteiger partial charge on any atom is -0.467 e. The molecule has 0 saturated carbocycles. The summed E-state index contributed by atoms with van der Waals surface area (Å²) < 4.78 is 10.2. The number of hydrogen-bond donors (Lipinski definition) is 0. The van der Waals surface area contributed by atoms with Gasteiger partial charge in [0.05, 0.1) is 7.11 Å². The van der Waals surface area contributed by atoms with Crippen molar-refractivity contribution in [3.05, 3.63) is 52.5 Å². The van der Waals surface area contributed by atoms with Gasteiger partial charge in [-0.25, -0.2) is 9.78 Å². The van der Waals surface area contributed by atoms with E-state index in [1.807, 2.05) is 35.7 Å². The maximum atomic E-state index is 11.2. The van der Waals surface area contributed by atoms with Crippen molar-refractivity contribution in [3.63, 3.8) is 0 Å². The second kappa shape index (κ2) is 6.28. The van der Waals surface area contributed by atoms with Gasteiger partial charge < -0.3 is 9.47 Å². The molecule has 0 aliphatic heterocycles. The Kier molecular flexibility index (Phi) is 4.44. The second-order valence-corrected chi connectivity index (χ2v) is 4.47. The van der Waals surface area contributed by atoms with E-state index >= 15 is 0 Å². The highest BCUT2D eigenvalue weighted by atomic mass is 32.1. The normalized spacial score (nSPS) is 12.1. The van der Waals surface area contributed by atoms with E-state index in [0.29, 0.717) is 0 Å². The molecule has 18 heavy (non-hydrogen) atoms. The quantitative estimate of drug-likeness (QED) is 0.777. The molecule has 0 amide bonds. The largest absolute Gasteiger partial charge is 0.467 e. The first-order valence-corrected chi connectivity index (χ1v) is 6.32. The maximum absolute atomic E-state index is 11.2. The first-order chi connectivity index (χ1) is 8.81. The smallest absolute Gasteiger partial charge is 0.331 e. The fraction of sp³-hybridized carbons (Fsp3) is 0.231. The molecule has 0 aliphatic rings. The van der Waals surface area contributed by atoms with Gasteiger partial charge >= 0.3 is 5.97 Å². The Hall–Kier alpha value is -1.72. The Morgan fingerprint density at radius 1 is 1.39 bits per heavy atom. The van der Waals surface area contributed by atoms with Crippen molar-refractivity contribution >= 4 is 17.3 Å². The van der Waals surface area contributed by atoms with Gasteiger partial charge in [-0.15, -0.1) is 11.3 Å². The molecule has 2 rings (SSSR count). The number of rotatable bonds is 5. The SMILES string of the molecule is COC(=O)COC(c1ccccc1)c1nccs1. The summed E-state index contributed by atoms with van der Waals surface area (Å²) in [6, 6.07) is 9.68. The minimum absolute atomic E-state index is 0.0877. The summed E-state index contributed by atoms with van der Waals surface area (Å²) in [7, 11) is 1.34. The number of nitrogens with zero attached hydrogens (tertiary/aromatic N) is 1. The number of carbonyl (C=O) groups is 1. The molecular weight excluding hydrogens is 250 g/mol. The minimum atomic E-state index is -0.396. The fourth-order valence-electron chi connectivity index (χ4n) is 1.51. The van der Waals surface area contributed by atoms with Gasteiger partial charge in [0.25, 0.3) is 0 Å². The number of thiazole rings is 1. The molecule has 0 aliphatic carbocycles. The summed E-state index contributed by atoms with van der Waals surface area (Å²) in [5, 5.41) is 2.71. The van der Waals surface area contributed by atoms with Gasteiger partial charge in [0.2, 0.25) is 0 Å². The molecule has 1 unspecified atom stereocenters. The van der Waals surface area contributed by atoms with E-state index in [2.05, 4.69) is 9.72 Å². The van der Waals surface area contributed by atoms with Gasteiger partial charge in [-0.2, -0.15) is 0 Å². The zero-order valence-electron chi connectivity index (χ0n) is 9.91. The molecule has 0 bridgehead atoms. The van der Waals surface area contributed by atoms with Crippen LogP contribution in [0.25, 0.3) is 0 Å². The van der Waals surface area contributed by atoms with Crippen molar-refractivity contribution in [1.82, 2.24) is 4.98 Å². The molecule has 2 aromatic rings. The predicted octanol–water partition coefficient (Wildman–Crippen LogP) is 2.42. The van der Waals surface area contributed by atoms with Crippen LogP contribution in [0.4, 0.5) is 0 Å². The molecule has 1 aromatic heterocycles. The second-order valence-electron chi connectivity index (χ2n) is 3.55. The van der Waals surface area contributed by atoms with E-state index in [1.165, 1.54) is 18.4 Å². The highest BCUT2D eigenvalue weighted by Crippen LogP contribution is 2.27. The van der Waals surface area contributed by atoms with Gasteiger partial charge in [0.1, 0.15) is 17.7 Å². The van der Waals surface area contributed by atoms with Crippen molar-refractivity contribution in [3.8, 4) is 0 Å². The average Bonchev–Trinajstić information content (AvgIpc) is 2.94. The lowest BCUT2D eigenvalue weighted by molar-refractivity contribution is -0.147. The lowest BCUT2D eigenvalue weighted by Gasteiger charge is -2.15. The van der Waals surface area contributed by atoms with Crippen LogP contribution in [-0.2, 0) is 14.3 Å². The van der Waals surface area contributed by atoms with Crippen LogP contribution < -0.4 is 0 Å². The van der Waals surface area contributed by atoms with Crippen LogP contribution in [0.1, 0.15) is 16.7 Å². The van der Waals surface area contributed by atoms with Crippen molar-refractivity contribution in [1.29, 1.82) is 0 Å². The average molecular weight is 263 g/mol. The highest BCUT2D eigenvalue weighted by Gasteiger charge is 2.18. The molecular formula is C13H13NO3S. The molecule has 0 spiro atoms. The summed E-state index contributed by atoms with van der Waals surface area (Å²) in [5.41, 5.74) is 0.969. The Morgan fingerprint density at radius 2 is 2.17 bits per heavy atom. The van der Waals surface area contributed by atoms with Crippen molar-refractivity contribution in [2.45, 2.75) is 6.10 Å². The standard InChI is InChI=1S/C13H13NO3S/c1-16-11(15)9-17-12(13-14-7-8-18-13)10-5-3-2-4-6-10/h2-8,12H,9H2,1H3. The van der Waals surface area contributed by atoms with E-state index in [0.717, 1.165) is 10.6 Å². The summed E-state index contributed by atoms with van der Waals surface area (Å²) in [5.74, 6) is -0.396. The molecule has 94 valence electrons. The molecule has 1 heterocycles. The third-order valence-electron chi connectivity index (χ3n) is 2.37. The Balaban J connectivity index is 2.16. The van der Waals surface area contributed by atoms with Crippen LogP contribution in [0.3, 0.4) is 0 Å². The molecule has 0 N–H and O–H groups in total. The van der Waals surface area contributed by atoms with Gasteiger partial charge in [-0.3, -0.25) is 0 Å². The number of esters is 1. The van der Waals surface area contributed by atoms with E-state index < -0.39 is 5.97 Å². The van der Waals surface area contributed by atoms with Crippen LogP contribution in [0, 0.1) is 0 Å². The zero-order chi connectivity index (χ0) is 12.8. The number of benzene rings is 1. The summed E-state index contributed by atoms with van der Waals surface area (Å²) in [6.07, 6.45) is 1.39. The summed E-state index contributed by atoms with van der Waals surface area (Å²) in [4.78, 5) is 15.4. The molecule has 4 nitrogen and oxygen atoms in total. The van der Waals surface area contributed by atoms with Crippen LogP contribution in [0.2, 0.25) is 0 Å². The van der Waals surface area contributed by atoms with Crippen molar-refractivity contribution in [2.24, 2.45) is 0 Å². The topological polar surface area (TPSA) is 48.4 Å². The summed E-state index contributed by atoms with van der Waals surface area (Å²) >= 11 is 1.50. The van der Waals surface area contributed by atoms with Gasteiger partial charge in [0, 0.05) is 11.6 Å². The van der Waals surface area contributed by atoms with E-state index in [1.54, 1.807) is 6.20 Å². The molecule has 5 heteroatoms. The Bertz CT molecular complexity index is 484. The van der Waals surface area contributed by atoms with E-state index in [9.17, 15) is 4.79 Å². The molecule has 0 saturated heterocycles. The molecule has 1 aromatic carbocycles. The van der Waals surface area contributed by atoms with Crippen LogP contribution in [0.5, 0.6) is 0 Å². The van der Waals surface area contributed by atoms with Crippen molar-refractivity contribution in [2.75, 3.05) is 13.7 Å². The van der Waals surface area contributed by atoms with Gasteiger partial charge in [-0.05, 0) is 5.56 Å². The number of ether oxygens (including phenoxy) is 2. The van der Waals surface area contributed by atoms with Crippen molar-refractivity contribution < 1.29 is 14.3 Å². The number of aromatic nitrogens is 1. The maximum Gasteiger partial charge on any atom is 0.331 e. The van der Waals surface area contributed by atoms with Crippen LogP contribution in [-0.4, -0.2) is 24.7 Å². The first-order valence-electron chi connectivity index (χ1n) is 5.44. The Labute approximate surface area is 109 Å². The third kappa shape index (κ3) is 3.15. The number of methoxy groups -OCH3 is 1. The fourth-order valence-corrected chi connectivity index (χ4v) is 2.22. The van der Waals surface area contributed by atoms with Gasteiger partial charge in [0.15, 0.2) is 0 Å².